The average Bonchev–Trinajstić information content (AvgIpc) is 2.86. The molecule has 126 valence electrons. The van der Waals surface area contributed by atoms with Crippen molar-refractivity contribution in [2.45, 2.75) is 39.5 Å². The Labute approximate surface area is 136 Å². The van der Waals surface area contributed by atoms with Gasteiger partial charge in [0.2, 0.25) is 0 Å². The molecule has 5 heteroatoms. The van der Waals surface area contributed by atoms with Gasteiger partial charge in [-0.2, -0.15) is 0 Å². The van der Waals surface area contributed by atoms with Gasteiger partial charge in [0, 0.05) is 0 Å². The predicted octanol–water partition coefficient (Wildman–Crippen LogP) is 2.60. The van der Waals surface area contributed by atoms with Crippen LogP contribution in [-0.4, -0.2) is 31.9 Å². The standard InChI is InChI=1S/C18H24O5/c1-10-6-11(2)15-9-18(16(20)22-4,17(21)23-5)8-13(15)7-14(10)12(3)19/h13,15H,2,6-9H2,1,3-5H3. The quantitative estimate of drug-likeness (QED) is 0.454. The predicted molar refractivity (Wildman–Crippen MR) is 84.4 cm³/mol. The van der Waals surface area contributed by atoms with Gasteiger partial charge in [-0.25, -0.2) is 0 Å². The van der Waals surface area contributed by atoms with E-state index in [9.17, 15) is 14.4 Å². The van der Waals surface area contributed by atoms with Crippen LogP contribution in [0.5, 0.6) is 0 Å². The number of esters is 2. The molecule has 23 heavy (non-hydrogen) atoms. The molecule has 0 aromatic heterocycles. The van der Waals surface area contributed by atoms with E-state index in [0.29, 0.717) is 25.7 Å². The summed E-state index contributed by atoms with van der Waals surface area (Å²) in [5.74, 6) is -1.03. The smallest absolute Gasteiger partial charge is 0.323 e. The van der Waals surface area contributed by atoms with Crippen LogP contribution >= 0.6 is 0 Å². The maximum atomic E-state index is 12.3. The van der Waals surface area contributed by atoms with E-state index in [1.807, 2.05) is 6.92 Å². The van der Waals surface area contributed by atoms with Crippen molar-refractivity contribution >= 4 is 17.7 Å². The number of ether oxygens (including phenoxy) is 2. The van der Waals surface area contributed by atoms with Gasteiger partial charge in [0.15, 0.2) is 11.2 Å². The third kappa shape index (κ3) is 2.84. The van der Waals surface area contributed by atoms with Crippen molar-refractivity contribution in [3.8, 4) is 0 Å². The monoisotopic (exact) mass is 320 g/mol. The number of carbonyl (C=O) groups is 3. The largest absolute Gasteiger partial charge is 0.468 e. The first-order valence-electron chi connectivity index (χ1n) is 7.81. The van der Waals surface area contributed by atoms with Crippen LogP contribution in [0.25, 0.3) is 0 Å². The molecule has 0 aromatic rings. The molecule has 1 fully saturated rings. The number of ketones is 1. The zero-order chi connectivity index (χ0) is 17.4. The molecule has 5 nitrogen and oxygen atoms in total. The van der Waals surface area contributed by atoms with E-state index in [1.54, 1.807) is 6.92 Å². The van der Waals surface area contributed by atoms with Crippen LogP contribution in [0, 0.1) is 17.3 Å². The lowest BCUT2D eigenvalue weighted by atomic mass is 9.83. The molecule has 2 rings (SSSR count). The summed E-state index contributed by atoms with van der Waals surface area (Å²) in [6.45, 7) is 7.66. The van der Waals surface area contributed by atoms with Gasteiger partial charge in [0.25, 0.3) is 0 Å². The summed E-state index contributed by atoms with van der Waals surface area (Å²) in [5, 5.41) is 0. The van der Waals surface area contributed by atoms with Crippen LogP contribution in [0.1, 0.15) is 39.5 Å². The number of hydrogen-bond acceptors (Lipinski definition) is 5. The Morgan fingerprint density at radius 3 is 2.17 bits per heavy atom. The second-order valence-electron chi connectivity index (χ2n) is 6.69. The van der Waals surface area contributed by atoms with Gasteiger partial charge in [-0.15, -0.1) is 0 Å². The number of rotatable bonds is 3. The molecule has 0 saturated heterocycles. The molecular weight excluding hydrogens is 296 g/mol. The number of methoxy groups -OCH3 is 2. The minimum absolute atomic E-state index is 0.0139. The number of fused-ring (bicyclic) bond motifs is 1. The van der Waals surface area contributed by atoms with Crippen molar-refractivity contribution < 1.29 is 23.9 Å². The van der Waals surface area contributed by atoms with Crippen LogP contribution in [0.4, 0.5) is 0 Å². The molecular formula is C18H24O5. The minimum atomic E-state index is -1.28. The van der Waals surface area contributed by atoms with Crippen LogP contribution < -0.4 is 0 Å². The van der Waals surface area contributed by atoms with Crippen LogP contribution in [0.15, 0.2) is 23.3 Å². The molecule has 0 spiro atoms. The molecule has 0 radical (unpaired) electrons. The highest BCUT2D eigenvalue weighted by Crippen LogP contribution is 2.54. The fourth-order valence-corrected chi connectivity index (χ4v) is 4.17. The summed E-state index contributed by atoms with van der Waals surface area (Å²) in [6.07, 6.45) is 1.88. The van der Waals surface area contributed by atoms with Gasteiger partial charge < -0.3 is 9.47 Å². The molecule has 2 aliphatic rings. The maximum Gasteiger partial charge on any atom is 0.323 e. The van der Waals surface area contributed by atoms with Gasteiger partial charge in [-0.05, 0) is 56.9 Å². The zero-order valence-electron chi connectivity index (χ0n) is 14.2. The number of hydrogen-bond donors (Lipinski definition) is 0. The third-order valence-corrected chi connectivity index (χ3v) is 5.32. The van der Waals surface area contributed by atoms with E-state index in [2.05, 4.69) is 6.58 Å². The molecule has 2 unspecified atom stereocenters. The van der Waals surface area contributed by atoms with Crippen LogP contribution in [-0.2, 0) is 23.9 Å². The van der Waals surface area contributed by atoms with Crippen molar-refractivity contribution in [1.29, 1.82) is 0 Å². The Hall–Kier alpha value is -1.91. The van der Waals surface area contributed by atoms with E-state index in [4.69, 9.17) is 9.47 Å². The van der Waals surface area contributed by atoms with Crippen molar-refractivity contribution in [1.82, 2.24) is 0 Å². The topological polar surface area (TPSA) is 69.7 Å². The molecule has 0 amide bonds. The maximum absolute atomic E-state index is 12.3. The van der Waals surface area contributed by atoms with E-state index in [1.165, 1.54) is 14.2 Å². The number of allylic oxidation sites excluding steroid dienone is 3. The summed E-state index contributed by atoms with van der Waals surface area (Å²) < 4.78 is 9.76. The summed E-state index contributed by atoms with van der Waals surface area (Å²) in [6, 6.07) is 0. The molecule has 0 heterocycles. The van der Waals surface area contributed by atoms with Crippen molar-refractivity contribution in [3.05, 3.63) is 23.3 Å². The lowest BCUT2D eigenvalue weighted by Crippen LogP contribution is -2.39. The lowest BCUT2D eigenvalue weighted by Gasteiger charge is -2.24. The highest BCUT2D eigenvalue weighted by atomic mass is 16.5. The van der Waals surface area contributed by atoms with Gasteiger partial charge >= 0.3 is 11.9 Å². The van der Waals surface area contributed by atoms with Crippen LogP contribution in [0.2, 0.25) is 0 Å². The summed E-state index contributed by atoms with van der Waals surface area (Å²) in [4.78, 5) is 36.6. The Morgan fingerprint density at radius 1 is 1.13 bits per heavy atom. The second kappa shape index (κ2) is 6.30. The third-order valence-electron chi connectivity index (χ3n) is 5.32. The highest BCUT2D eigenvalue weighted by molar-refractivity contribution is 6.00. The molecule has 0 N–H and O–H groups in total. The Kier molecular flexibility index (Phi) is 4.78. The Balaban J connectivity index is 2.42. The first kappa shape index (κ1) is 17.4. The van der Waals surface area contributed by atoms with Crippen LogP contribution in [0.3, 0.4) is 0 Å². The summed E-state index contributed by atoms with van der Waals surface area (Å²) in [7, 11) is 2.56. The Morgan fingerprint density at radius 2 is 1.70 bits per heavy atom. The zero-order valence-corrected chi connectivity index (χ0v) is 14.2. The highest BCUT2D eigenvalue weighted by Gasteiger charge is 2.58. The number of Topliss-reactive ketones (excluding diaryl/α,β-unsaturated/α-hetero) is 1. The molecule has 2 atom stereocenters. The molecule has 0 aromatic carbocycles. The SMILES string of the molecule is C=C1CC(C)=C(C(C)=O)CC2CC(C(=O)OC)(C(=O)OC)CC12. The van der Waals surface area contributed by atoms with E-state index >= 15 is 0 Å². The van der Waals surface area contributed by atoms with Crippen molar-refractivity contribution in [2.75, 3.05) is 14.2 Å². The first-order chi connectivity index (χ1) is 10.8. The van der Waals surface area contributed by atoms with Gasteiger partial charge in [0.05, 0.1) is 14.2 Å². The fourth-order valence-electron chi connectivity index (χ4n) is 4.17. The van der Waals surface area contributed by atoms with E-state index in [-0.39, 0.29) is 17.6 Å². The lowest BCUT2D eigenvalue weighted by molar-refractivity contribution is -0.169. The second-order valence-corrected chi connectivity index (χ2v) is 6.69. The normalized spacial score (nSPS) is 26.3. The fraction of sp³-hybridized carbons (Fsp3) is 0.611. The molecule has 1 saturated carbocycles. The van der Waals surface area contributed by atoms with E-state index < -0.39 is 17.4 Å². The molecule has 2 aliphatic carbocycles. The van der Waals surface area contributed by atoms with Gasteiger partial charge in [0.1, 0.15) is 0 Å². The minimum Gasteiger partial charge on any atom is -0.468 e. The molecule has 0 aliphatic heterocycles. The average molecular weight is 320 g/mol. The van der Waals surface area contributed by atoms with Crippen molar-refractivity contribution in [3.63, 3.8) is 0 Å². The van der Waals surface area contributed by atoms with Gasteiger partial charge in [-0.3, -0.25) is 14.4 Å². The summed E-state index contributed by atoms with van der Waals surface area (Å²) in [5.41, 5.74) is 1.52. The Bertz CT molecular complexity index is 583. The first-order valence-corrected chi connectivity index (χ1v) is 7.81. The molecule has 0 bridgehead atoms. The summed E-state index contributed by atoms with van der Waals surface area (Å²) >= 11 is 0. The van der Waals surface area contributed by atoms with Crippen molar-refractivity contribution in [2.24, 2.45) is 17.3 Å². The van der Waals surface area contributed by atoms with Gasteiger partial charge in [-0.1, -0.05) is 17.7 Å². The van der Waals surface area contributed by atoms with E-state index in [0.717, 1.165) is 16.7 Å². The number of carbonyl (C=O) groups excluding carboxylic acids is 3.